The molecule has 18 heavy (non-hydrogen) atoms. The van der Waals surface area contributed by atoms with Gasteiger partial charge in [0.1, 0.15) is 5.82 Å². The third-order valence-electron chi connectivity index (χ3n) is 3.77. The van der Waals surface area contributed by atoms with Crippen molar-refractivity contribution in [2.24, 2.45) is 5.92 Å². The van der Waals surface area contributed by atoms with E-state index in [1.807, 2.05) is 0 Å². The van der Waals surface area contributed by atoms with E-state index >= 15 is 0 Å². The number of aromatic amines is 1. The molecule has 1 aromatic heterocycles. The van der Waals surface area contributed by atoms with Gasteiger partial charge < -0.3 is 0 Å². The summed E-state index contributed by atoms with van der Waals surface area (Å²) >= 11 is 0. The van der Waals surface area contributed by atoms with E-state index in [0.29, 0.717) is 6.04 Å². The van der Waals surface area contributed by atoms with Crippen LogP contribution in [-0.4, -0.2) is 33.2 Å². The van der Waals surface area contributed by atoms with Crippen LogP contribution in [0, 0.1) is 5.92 Å². The van der Waals surface area contributed by atoms with Gasteiger partial charge in [-0.2, -0.15) is 5.10 Å². The first-order valence-electron chi connectivity index (χ1n) is 7.36. The Kier molecular flexibility index (Phi) is 4.75. The minimum absolute atomic E-state index is 0.413. The number of nitrogens with zero attached hydrogens (tertiary/aromatic N) is 3. The monoisotopic (exact) mass is 250 g/mol. The van der Waals surface area contributed by atoms with Gasteiger partial charge in [-0.25, -0.2) is 4.98 Å². The quantitative estimate of drug-likeness (QED) is 0.844. The Labute approximate surface area is 110 Å². The second kappa shape index (κ2) is 6.32. The molecule has 2 heterocycles. The number of rotatable bonds is 6. The Morgan fingerprint density at radius 2 is 2.00 bits per heavy atom. The molecule has 0 spiro atoms. The van der Waals surface area contributed by atoms with E-state index in [0.717, 1.165) is 30.4 Å². The van der Waals surface area contributed by atoms with Crippen LogP contribution in [0.2, 0.25) is 0 Å². The van der Waals surface area contributed by atoms with Crippen molar-refractivity contribution in [3.63, 3.8) is 0 Å². The molecule has 0 radical (unpaired) electrons. The summed E-state index contributed by atoms with van der Waals surface area (Å²) in [4.78, 5) is 7.21. The van der Waals surface area contributed by atoms with E-state index in [2.05, 4.69) is 40.9 Å². The summed E-state index contributed by atoms with van der Waals surface area (Å²) in [5.41, 5.74) is 0. The highest BCUT2D eigenvalue weighted by molar-refractivity contribution is 4.98. The fraction of sp³-hybridized carbons (Fsp3) is 0.857. The second-order valence-corrected chi connectivity index (χ2v) is 5.74. The molecule has 0 saturated carbocycles. The lowest BCUT2D eigenvalue weighted by Crippen LogP contribution is -2.26. The first-order valence-corrected chi connectivity index (χ1v) is 7.36. The van der Waals surface area contributed by atoms with E-state index in [4.69, 9.17) is 0 Å². The Balaban J connectivity index is 1.98. The molecule has 1 fully saturated rings. The lowest BCUT2D eigenvalue weighted by molar-refractivity contribution is 0.230. The van der Waals surface area contributed by atoms with Gasteiger partial charge in [0.2, 0.25) is 0 Å². The highest BCUT2D eigenvalue weighted by Gasteiger charge is 2.25. The number of likely N-dealkylation sites (tertiary alicyclic amines) is 1. The van der Waals surface area contributed by atoms with Crippen LogP contribution in [-0.2, 0) is 6.42 Å². The van der Waals surface area contributed by atoms with Crippen molar-refractivity contribution < 1.29 is 0 Å². The van der Waals surface area contributed by atoms with Gasteiger partial charge in [0, 0.05) is 6.42 Å². The van der Waals surface area contributed by atoms with Gasteiger partial charge in [-0.1, -0.05) is 20.8 Å². The average molecular weight is 250 g/mol. The van der Waals surface area contributed by atoms with Crippen LogP contribution < -0.4 is 0 Å². The Bertz CT molecular complexity index is 352. The summed E-state index contributed by atoms with van der Waals surface area (Å²) < 4.78 is 0. The molecule has 1 aliphatic heterocycles. The zero-order valence-corrected chi connectivity index (χ0v) is 11.9. The van der Waals surface area contributed by atoms with Crippen molar-refractivity contribution in [2.75, 3.05) is 13.1 Å². The highest BCUT2D eigenvalue weighted by Crippen LogP contribution is 2.25. The second-order valence-electron chi connectivity index (χ2n) is 5.74. The van der Waals surface area contributed by atoms with Crippen LogP contribution in [0.25, 0.3) is 0 Å². The minimum Gasteiger partial charge on any atom is -0.293 e. The van der Waals surface area contributed by atoms with Crippen LogP contribution in [0.3, 0.4) is 0 Å². The summed E-state index contributed by atoms with van der Waals surface area (Å²) in [6.07, 6.45) is 5.93. The molecule has 0 amide bonds. The van der Waals surface area contributed by atoms with Crippen LogP contribution in [0.5, 0.6) is 0 Å². The van der Waals surface area contributed by atoms with Gasteiger partial charge >= 0.3 is 0 Å². The Morgan fingerprint density at radius 3 is 2.61 bits per heavy atom. The van der Waals surface area contributed by atoms with Crippen molar-refractivity contribution in [2.45, 2.75) is 58.9 Å². The maximum Gasteiger partial charge on any atom is 0.167 e. The lowest BCUT2D eigenvalue weighted by atomic mass is 10.1. The van der Waals surface area contributed by atoms with Gasteiger partial charge in [-0.05, 0) is 44.7 Å². The molecule has 0 aliphatic carbocycles. The van der Waals surface area contributed by atoms with Crippen molar-refractivity contribution >= 4 is 0 Å². The molecule has 1 atom stereocenters. The Morgan fingerprint density at radius 1 is 1.28 bits per heavy atom. The van der Waals surface area contributed by atoms with Crippen LogP contribution in [0.4, 0.5) is 0 Å². The standard InChI is InChI=1S/C14H26N4/c1-4-12(18-9-5-6-10-18)14-15-13(16-17-14)8-7-11(2)3/h11-12H,4-10H2,1-3H3,(H,15,16,17). The fourth-order valence-corrected chi connectivity index (χ4v) is 2.65. The van der Waals surface area contributed by atoms with E-state index < -0.39 is 0 Å². The molecule has 1 saturated heterocycles. The molecule has 2 rings (SSSR count). The normalized spacial score (nSPS) is 18.7. The molecule has 1 aromatic rings. The summed E-state index contributed by atoms with van der Waals surface area (Å²) in [6, 6.07) is 0.413. The number of aryl methyl sites for hydroxylation is 1. The molecular weight excluding hydrogens is 224 g/mol. The van der Waals surface area contributed by atoms with E-state index in [1.54, 1.807) is 0 Å². The van der Waals surface area contributed by atoms with Gasteiger partial charge in [0.05, 0.1) is 6.04 Å². The van der Waals surface area contributed by atoms with E-state index in [-0.39, 0.29) is 0 Å². The van der Waals surface area contributed by atoms with Crippen LogP contribution in [0.1, 0.15) is 64.1 Å². The van der Waals surface area contributed by atoms with Crippen molar-refractivity contribution in [1.82, 2.24) is 20.1 Å². The van der Waals surface area contributed by atoms with Crippen molar-refractivity contribution in [3.8, 4) is 0 Å². The Hall–Kier alpha value is -0.900. The zero-order valence-electron chi connectivity index (χ0n) is 11.9. The SMILES string of the molecule is CCC(c1n[nH]c(CCC(C)C)n1)N1CCCC1. The predicted octanol–water partition coefficient (Wildman–Crippen LogP) is 2.94. The number of aromatic nitrogens is 3. The van der Waals surface area contributed by atoms with E-state index in [1.165, 1.54) is 32.4 Å². The molecule has 4 heteroatoms. The average Bonchev–Trinajstić information content (AvgIpc) is 2.99. The van der Waals surface area contributed by atoms with Crippen LogP contribution >= 0.6 is 0 Å². The highest BCUT2D eigenvalue weighted by atomic mass is 15.3. The molecule has 1 N–H and O–H groups in total. The molecule has 0 bridgehead atoms. The summed E-state index contributed by atoms with van der Waals surface area (Å²) in [6.45, 7) is 9.13. The third-order valence-corrected chi connectivity index (χ3v) is 3.77. The minimum atomic E-state index is 0.413. The molecule has 102 valence electrons. The maximum atomic E-state index is 4.69. The summed E-state index contributed by atoms with van der Waals surface area (Å²) in [5, 5.41) is 7.54. The van der Waals surface area contributed by atoms with Gasteiger partial charge in [-0.3, -0.25) is 10.00 Å². The topological polar surface area (TPSA) is 44.8 Å². The first-order chi connectivity index (χ1) is 8.70. The van der Waals surface area contributed by atoms with Gasteiger partial charge in [0.25, 0.3) is 0 Å². The first kappa shape index (κ1) is 13.5. The smallest absolute Gasteiger partial charge is 0.167 e. The zero-order chi connectivity index (χ0) is 13.0. The molecular formula is C14H26N4. The predicted molar refractivity (Wildman–Crippen MR) is 73.4 cm³/mol. The third kappa shape index (κ3) is 3.31. The molecule has 4 nitrogen and oxygen atoms in total. The largest absolute Gasteiger partial charge is 0.293 e. The maximum absolute atomic E-state index is 4.69. The molecule has 1 unspecified atom stereocenters. The number of hydrogen-bond acceptors (Lipinski definition) is 3. The molecule has 0 aromatic carbocycles. The number of H-pyrrole nitrogens is 1. The number of hydrogen-bond donors (Lipinski definition) is 1. The van der Waals surface area contributed by atoms with E-state index in [9.17, 15) is 0 Å². The number of nitrogens with one attached hydrogen (secondary N) is 1. The summed E-state index contributed by atoms with van der Waals surface area (Å²) in [5.74, 6) is 2.77. The lowest BCUT2D eigenvalue weighted by Gasteiger charge is -2.23. The van der Waals surface area contributed by atoms with Crippen molar-refractivity contribution in [1.29, 1.82) is 0 Å². The van der Waals surface area contributed by atoms with Gasteiger partial charge in [-0.15, -0.1) is 0 Å². The van der Waals surface area contributed by atoms with Crippen LogP contribution in [0.15, 0.2) is 0 Å². The van der Waals surface area contributed by atoms with Gasteiger partial charge in [0.15, 0.2) is 5.82 Å². The summed E-state index contributed by atoms with van der Waals surface area (Å²) in [7, 11) is 0. The fourth-order valence-electron chi connectivity index (χ4n) is 2.65. The molecule has 1 aliphatic rings. The van der Waals surface area contributed by atoms with Crippen molar-refractivity contribution in [3.05, 3.63) is 11.6 Å².